The third kappa shape index (κ3) is 2.95. The van der Waals surface area contributed by atoms with Crippen molar-refractivity contribution in [3.8, 4) is 0 Å². The smallest absolute Gasteiger partial charge is 0.290 e. The highest BCUT2D eigenvalue weighted by atomic mass is 79.9. The molecule has 2 heterocycles. The molecule has 0 radical (unpaired) electrons. The number of alkyl halides is 3. The minimum Gasteiger partial charge on any atom is -0.290 e. The van der Waals surface area contributed by atoms with E-state index in [-0.39, 0.29) is 0 Å². The lowest BCUT2D eigenvalue weighted by molar-refractivity contribution is -0.147. The summed E-state index contributed by atoms with van der Waals surface area (Å²) in [4.78, 5) is 2.65. The molecule has 2 rings (SSSR count). The van der Waals surface area contributed by atoms with Gasteiger partial charge < -0.3 is 0 Å². The molecule has 15 heavy (non-hydrogen) atoms. The van der Waals surface area contributed by atoms with Crippen molar-refractivity contribution in [3.05, 3.63) is 20.3 Å². The quantitative estimate of drug-likeness (QED) is 0.768. The van der Waals surface area contributed by atoms with E-state index in [0.717, 1.165) is 15.8 Å². The van der Waals surface area contributed by atoms with Gasteiger partial charge in [-0.2, -0.15) is 13.2 Å². The molecule has 0 unspecified atom stereocenters. The van der Waals surface area contributed by atoms with Crippen molar-refractivity contribution in [3.63, 3.8) is 0 Å². The Labute approximate surface area is 98.0 Å². The number of halogens is 4. The molecule has 0 atom stereocenters. The van der Waals surface area contributed by atoms with Crippen molar-refractivity contribution < 1.29 is 13.2 Å². The van der Waals surface area contributed by atoms with E-state index in [4.69, 9.17) is 0 Å². The van der Waals surface area contributed by atoms with E-state index in [0.29, 0.717) is 13.1 Å². The van der Waals surface area contributed by atoms with Crippen LogP contribution < -0.4 is 0 Å². The van der Waals surface area contributed by atoms with Gasteiger partial charge in [0.25, 0.3) is 0 Å². The van der Waals surface area contributed by atoms with Crippen LogP contribution in [0.3, 0.4) is 0 Å². The Morgan fingerprint density at radius 3 is 2.87 bits per heavy atom. The molecule has 1 nitrogen and oxygen atoms in total. The molecular weight excluding hydrogens is 291 g/mol. The SMILES string of the molecule is FC(F)(F)CN1CCc2sc(Br)cc2C1. The number of rotatable bonds is 1. The highest BCUT2D eigenvalue weighted by Crippen LogP contribution is 2.32. The second kappa shape index (κ2) is 4.07. The lowest BCUT2D eigenvalue weighted by atomic mass is 10.1. The lowest BCUT2D eigenvalue weighted by Gasteiger charge is -2.27. The van der Waals surface area contributed by atoms with Crippen LogP contribution in [0.5, 0.6) is 0 Å². The van der Waals surface area contributed by atoms with E-state index in [2.05, 4.69) is 15.9 Å². The second-order valence-electron chi connectivity index (χ2n) is 3.57. The van der Waals surface area contributed by atoms with Crippen LogP contribution in [0.25, 0.3) is 0 Å². The van der Waals surface area contributed by atoms with Gasteiger partial charge >= 0.3 is 6.18 Å². The van der Waals surface area contributed by atoms with Gasteiger partial charge in [-0.05, 0) is 34.0 Å². The van der Waals surface area contributed by atoms with Gasteiger partial charge in [-0.15, -0.1) is 11.3 Å². The zero-order valence-electron chi connectivity index (χ0n) is 7.77. The predicted molar refractivity (Wildman–Crippen MR) is 57.1 cm³/mol. The van der Waals surface area contributed by atoms with Gasteiger partial charge in [0.15, 0.2) is 0 Å². The molecule has 0 N–H and O–H groups in total. The van der Waals surface area contributed by atoms with Gasteiger partial charge in [0.05, 0.1) is 10.3 Å². The van der Waals surface area contributed by atoms with Crippen molar-refractivity contribution in [1.82, 2.24) is 4.90 Å². The van der Waals surface area contributed by atoms with Crippen molar-refractivity contribution in [2.45, 2.75) is 19.1 Å². The maximum absolute atomic E-state index is 12.2. The largest absolute Gasteiger partial charge is 0.401 e. The monoisotopic (exact) mass is 299 g/mol. The lowest BCUT2D eigenvalue weighted by Crippen LogP contribution is -2.37. The average Bonchev–Trinajstić information content (AvgIpc) is 2.40. The topological polar surface area (TPSA) is 3.24 Å². The fourth-order valence-corrected chi connectivity index (χ4v) is 3.49. The number of fused-ring (bicyclic) bond motifs is 1. The summed E-state index contributed by atoms with van der Waals surface area (Å²) >= 11 is 4.97. The first kappa shape index (κ1) is 11.4. The summed E-state index contributed by atoms with van der Waals surface area (Å²) in [7, 11) is 0. The average molecular weight is 300 g/mol. The second-order valence-corrected chi connectivity index (χ2v) is 6.09. The standard InChI is InChI=1S/C9H9BrF3NS/c10-8-3-6-4-14(5-9(11,12)13)2-1-7(6)15-8/h3H,1-2,4-5H2. The molecule has 0 saturated heterocycles. The predicted octanol–water partition coefficient (Wildman–Crippen LogP) is 3.43. The molecule has 1 aromatic heterocycles. The van der Waals surface area contributed by atoms with Crippen molar-refractivity contribution in [2.75, 3.05) is 13.1 Å². The first-order valence-electron chi connectivity index (χ1n) is 4.50. The summed E-state index contributed by atoms with van der Waals surface area (Å²) in [6.45, 7) is 0.107. The van der Waals surface area contributed by atoms with E-state index in [1.807, 2.05) is 6.07 Å². The number of nitrogens with zero attached hydrogens (tertiary/aromatic N) is 1. The van der Waals surface area contributed by atoms with Crippen LogP contribution in [0.2, 0.25) is 0 Å². The molecule has 1 aliphatic heterocycles. The molecule has 0 saturated carbocycles. The maximum Gasteiger partial charge on any atom is 0.401 e. The van der Waals surface area contributed by atoms with Gasteiger partial charge in [-0.1, -0.05) is 0 Å². The Morgan fingerprint density at radius 2 is 2.20 bits per heavy atom. The van der Waals surface area contributed by atoms with Gasteiger partial charge in [-0.25, -0.2) is 0 Å². The van der Waals surface area contributed by atoms with Crippen LogP contribution in [0.4, 0.5) is 13.2 Å². The molecular formula is C9H9BrF3NS. The Bertz CT molecular complexity index is 361. The Morgan fingerprint density at radius 1 is 1.47 bits per heavy atom. The highest BCUT2D eigenvalue weighted by molar-refractivity contribution is 9.11. The molecule has 1 aliphatic rings. The van der Waals surface area contributed by atoms with E-state index in [1.165, 1.54) is 9.78 Å². The van der Waals surface area contributed by atoms with Crippen LogP contribution in [-0.4, -0.2) is 24.2 Å². The van der Waals surface area contributed by atoms with Crippen LogP contribution in [0.15, 0.2) is 9.85 Å². The first-order valence-corrected chi connectivity index (χ1v) is 6.11. The van der Waals surface area contributed by atoms with Gasteiger partial charge in [0.2, 0.25) is 0 Å². The van der Waals surface area contributed by atoms with E-state index < -0.39 is 12.7 Å². The number of hydrogen-bond donors (Lipinski definition) is 0. The molecule has 0 spiro atoms. The summed E-state index contributed by atoms with van der Waals surface area (Å²) < 4.78 is 37.5. The molecule has 84 valence electrons. The Kier molecular flexibility index (Phi) is 3.10. The number of hydrogen-bond acceptors (Lipinski definition) is 2. The third-order valence-corrected chi connectivity index (χ3v) is 4.06. The minimum absolute atomic E-state index is 0.414. The van der Waals surface area contributed by atoms with Gasteiger partial charge in [-0.3, -0.25) is 4.90 Å². The highest BCUT2D eigenvalue weighted by Gasteiger charge is 2.32. The molecule has 1 aromatic rings. The maximum atomic E-state index is 12.2. The molecule has 0 amide bonds. The number of thiophene rings is 1. The molecule has 0 aliphatic carbocycles. The van der Waals surface area contributed by atoms with Crippen molar-refractivity contribution in [2.24, 2.45) is 0 Å². The summed E-state index contributed by atoms with van der Waals surface area (Å²) in [5.41, 5.74) is 1.03. The van der Waals surface area contributed by atoms with E-state index in [1.54, 1.807) is 11.3 Å². The normalized spacial score (nSPS) is 17.9. The fourth-order valence-electron chi connectivity index (χ4n) is 1.74. The van der Waals surface area contributed by atoms with E-state index in [9.17, 15) is 13.2 Å². The zero-order valence-corrected chi connectivity index (χ0v) is 10.2. The Hall–Kier alpha value is -0.0700. The summed E-state index contributed by atoms with van der Waals surface area (Å²) in [6, 6.07) is 1.92. The van der Waals surface area contributed by atoms with Crippen LogP contribution >= 0.6 is 27.3 Å². The minimum atomic E-state index is -4.09. The Balaban J connectivity index is 2.05. The summed E-state index contributed by atoms with van der Waals surface area (Å²) in [5, 5.41) is 0. The molecule has 0 fully saturated rings. The molecule has 6 heteroatoms. The van der Waals surface area contributed by atoms with Gasteiger partial charge in [0, 0.05) is 18.0 Å². The van der Waals surface area contributed by atoms with Crippen LogP contribution in [-0.2, 0) is 13.0 Å². The molecule has 0 aromatic carbocycles. The van der Waals surface area contributed by atoms with Crippen LogP contribution in [0.1, 0.15) is 10.4 Å². The molecule has 0 bridgehead atoms. The van der Waals surface area contributed by atoms with Crippen molar-refractivity contribution >= 4 is 27.3 Å². The summed E-state index contributed by atoms with van der Waals surface area (Å²) in [6.07, 6.45) is -3.37. The van der Waals surface area contributed by atoms with Gasteiger partial charge in [0.1, 0.15) is 0 Å². The summed E-state index contributed by atoms with van der Waals surface area (Å²) in [5.74, 6) is 0. The first-order chi connectivity index (χ1) is 6.94. The fraction of sp³-hybridized carbons (Fsp3) is 0.556. The van der Waals surface area contributed by atoms with Crippen LogP contribution in [0, 0.1) is 0 Å². The van der Waals surface area contributed by atoms with E-state index >= 15 is 0 Å². The third-order valence-electron chi connectivity index (χ3n) is 2.32. The zero-order chi connectivity index (χ0) is 11.1. The van der Waals surface area contributed by atoms with Crippen molar-refractivity contribution in [1.29, 1.82) is 0 Å².